The van der Waals surface area contributed by atoms with Crippen molar-refractivity contribution in [1.29, 1.82) is 0 Å². The first-order chi connectivity index (χ1) is 9.88. The van der Waals surface area contributed by atoms with Crippen LogP contribution in [-0.2, 0) is 11.0 Å². The number of aromatic nitrogens is 2. The van der Waals surface area contributed by atoms with Crippen molar-refractivity contribution in [2.75, 3.05) is 5.75 Å². The molecule has 0 amide bonds. The van der Waals surface area contributed by atoms with E-state index in [2.05, 4.69) is 5.10 Å². The summed E-state index contributed by atoms with van der Waals surface area (Å²) in [6.45, 7) is 0. The molecule has 0 aliphatic heterocycles. The summed E-state index contributed by atoms with van der Waals surface area (Å²) < 4.78 is 39.9. The molecule has 0 saturated heterocycles. The van der Waals surface area contributed by atoms with Gasteiger partial charge >= 0.3 is 12.1 Å². The number of halogens is 3. The third kappa shape index (κ3) is 4.39. The zero-order valence-electron chi connectivity index (χ0n) is 11.4. The molecule has 1 aliphatic rings. The van der Waals surface area contributed by atoms with Crippen LogP contribution in [0.3, 0.4) is 0 Å². The molecule has 0 spiro atoms. The number of carboxylic acid groups (broad SMARTS) is 1. The Balaban J connectivity index is 2.26. The smallest absolute Gasteiger partial charge is 0.435 e. The minimum Gasteiger partial charge on any atom is -0.481 e. The van der Waals surface area contributed by atoms with Crippen molar-refractivity contribution in [3.8, 4) is 0 Å². The Morgan fingerprint density at radius 3 is 2.48 bits per heavy atom. The molecule has 1 aliphatic carbocycles. The summed E-state index contributed by atoms with van der Waals surface area (Å²) in [5.74, 6) is -1.32. The average molecular weight is 322 g/mol. The van der Waals surface area contributed by atoms with Gasteiger partial charge in [0.15, 0.2) is 5.69 Å². The third-order valence-electron chi connectivity index (χ3n) is 3.51. The molecule has 8 heteroatoms. The first kappa shape index (κ1) is 16.2. The van der Waals surface area contributed by atoms with E-state index in [9.17, 15) is 18.0 Å². The molecule has 1 N–H and O–H groups in total. The monoisotopic (exact) mass is 322 g/mol. The van der Waals surface area contributed by atoms with Crippen molar-refractivity contribution in [2.24, 2.45) is 0 Å². The fraction of sp³-hybridized carbons (Fsp3) is 0.692. The number of hydrogen-bond acceptors (Lipinski definition) is 3. The van der Waals surface area contributed by atoms with Crippen LogP contribution in [0, 0.1) is 0 Å². The van der Waals surface area contributed by atoms with Crippen LogP contribution in [0.5, 0.6) is 0 Å². The van der Waals surface area contributed by atoms with E-state index >= 15 is 0 Å². The van der Waals surface area contributed by atoms with Gasteiger partial charge in [-0.15, -0.1) is 0 Å². The van der Waals surface area contributed by atoms with E-state index in [0.29, 0.717) is 0 Å². The molecule has 0 bridgehead atoms. The molecule has 21 heavy (non-hydrogen) atoms. The molecule has 1 aromatic rings. The van der Waals surface area contributed by atoms with Gasteiger partial charge in [-0.1, -0.05) is 37.4 Å². The Morgan fingerprint density at radius 2 is 1.95 bits per heavy atom. The van der Waals surface area contributed by atoms with E-state index in [1.165, 1.54) is 4.68 Å². The van der Waals surface area contributed by atoms with Gasteiger partial charge in [0.1, 0.15) is 0 Å². The van der Waals surface area contributed by atoms with Gasteiger partial charge in [-0.3, -0.25) is 9.48 Å². The number of thioether (sulfide) groups is 1. The van der Waals surface area contributed by atoms with Crippen molar-refractivity contribution in [3.63, 3.8) is 0 Å². The molecule has 1 saturated carbocycles. The number of carboxylic acids is 1. The SMILES string of the molecule is O=C(O)CSc1cc(C(F)(F)F)nn1C1CCCCCC1. The van der Waals surface area contributed by atoms with E-state index in [1.807, 2.05) is 0 Å². The molecule has 2 rings (SSSR count). The predicted molar refractivity (Wildman–Crippen MR) is 72.3 cm³/mol. The minimum absolute atomic E-state index is 0.0695. The van der Waals surface area contributed by atoms with Crippen LogP contribution in [0.2, 0.25) is 0 Å². The summed E-state index contributed by atoms with van der Waals surface area (Å²) >= 11 is 0.893. The lowest BCUT2D eigenvalue weighted by molar-refractivity contribution is -0.141. The first-order valence-electron chi connectivity index (χ1n) is 6.89. The second kappa shape index (κ2) is 6.72. The largest absolute Gasteiger partial charge is 0.481 e. The number of carbonyl (C=O) groups is 1. The number of alkyl halides is 3. The van der Waals surface area contributed by atoms with Gasteiger partial charge in [-0.05, 0) is 12.8 Å². The van der Waals surface area contributed by atoms with Gasteiger partial charge in [0.25, 0.3) is 0 Å². The number of nitrogens with zero attached hydrogens (tertiary/aromatic N) is 2. The molecule has 1 fully saturated rings. The number of rotatable bonds is 4. The van der Waals surface area contributed by atoms with Crippen LogP contribution < -0.4 is 0 Å². The van der Waals surface area contributed by atoms with E-state index in [0.717, 1.165) is 56.4 Å². The zero-order chi connectivity index (χ0) is 15.5. The molecular weight excluding hydrogens is 305 g/mol. The molecule has 118 valence electrons. The lowest BCUT2D eigenvalue weighted by Gasteiger charge is -2.17. The highest BCUT2D eigenvalue weighted by atomic mass is 32.2. The van der Waals surface area contributed by atoms with Gasteiger partial charge in [-0.2, -0.15) is 18.3 Å². The topological polar surface area (TPSA) is 55.1 Å². The Morgan fingerprint density at radius 1 is 1.33 bits per heavy atom. The highest BCUT2D eigenvalue weighted by molar-refractivity contribution is 7.99. The fourth-order valence-electron chi connectivity index (χ4n) is 2.52. The molecule has 1 aromatic heterocycles. The average Bonchev–Trinajstić information content (AvgIpc) is 2.64. The zero-order valence-corrected chi connectivity index (χ0v) is 12.2. The molecule has 1 heterocycles. The quantitative estimate of drug-likeness (QED) is 0.673. The van der Waals surface area contributed by atoms with Gasteiger partial charge in [0.2, 0.25) is 0 Å². The Hall–Kier alpha value is -1.18. The lowest BCUT2D eigenvalue weighted by atomic mass is 10.1. The second-order valence-electron chi connectivity index (χ2n) is 5.14. The normalized spacial score (nSPS) is 17.7. The molecule has 4 nitrogen and oxygen atoms in total. The lowest BCUT2D eigenvalue weighted by Crippen LogP contribution is -2.14. The van der Waals surface area contributed by atoms with E-state index in [1.54, 1.807) is 0 Å². The summed E-state index contributed by atoms with van der Waals surface area (Å²) in [5.41, 5.74) is -0.945. The molecule has 0 atom stereocenters. The summed E-state index contributed by atoms with van der Waals surface area (Å²) in [4.78, 5) is 10.6. The van der Waals surface area contributed by atoms with E-state index in [-0.39, 0.29) is 16.8 Å². The van der Waals surface area contributed by atoms with Gasteiger partial charge in [0, 0.05) is 6.07 Å². The molecular formula is C13H17F3N2O2S. The summed E-state index contributed by atoms with van der Waals surface area (Å²) in [5, 5.41) is 12.7. The number of aliphatic carboxylic acids is 1. The summed E-state index contributed by atoms with van der Waals surface area (Å²) in [7, 11) is 0. The first-order valence-corrected chi connectivity index (χ1v) is 7.88. The van der Waals surface area contributed by atoms with E-state index < -0.39 is 17.8 Å². The number of hydrogen-bond donors (Lipinski definition) is 1. The van der Waals surface area contributed by atoms with Crippen LogP contribution in [0.4, 0.5) is 13.2 Å². The molecule has 0 radical (unpaired) electrons. The summed E-state index contributed by atoms with van der Waals surface area (Å²) in [6.07, 6.45) is 1.18. The van der Waals surface area contributed by atoms with Crippen molar-refractivity contribution in [3.05, 3.63) is 11.8 Å². The van der Waals surface area contributed by atoms with Crippen molar-refractivity contribution >= 4 is 17.7 Å². The van der Waals surface area contributed by atoms with Gasteiger partial charge < -0.3 is 5.11 Å². The molecule has 0 aromatic carbocycles. The maximum atomic E-state index is 12.8. The Kier molecular flexibility index (Phi) is 5.18. The maximum absolute atomic E-state index is 12.8. The van der Waals surface area contributed by atoms with Crippen molar-refractivity contribution in [2.45, 2.75) is 55.8 Å². The maximum Gasteiger partial charge on any atom is 0.435 e. The van der Waals surface area contributed by atoms with Crippen LogP contribution in [-0.4, -0.2) is 26.6 Å². The highest BCUT2D eigenvalue weighted by Gasteiger charge is 2.36. The predicted octanol–water partition coefficient (Wildman–Crippen LogP) is 3.97. The van der Waals surface area contributed by atoms with Crippen LogP contribution in [0.25, 0.3) is 0 Å². The third-order valence-corrected chi connectivity index (χ3v) is 4.50. The van der Waals surface area contributed by atoms with Crippen LogP contribution in [0.15, 0.2) is 11.1 Å². The Bertz CT molecular complexity index is 494. The standard InChI is InChI=1S/C13H17F3N2O2S/c14-13(15,16)10-7-11(21-8-12(19)20)18(17-10)9-5-3-1-2-4-6-9/h7,9H,1-6,8H2,(H,19,20). The van der Waals surface area contributed by atoms with Gasteiger partial charge in [0.05, 0.1) is 16.8 Å². The second-order valence-corrected chi connectivity index (χ2v) is 6.13. The minimum atomic E-state index is -4.51. The van der Waals surface area contributed by atoms with Crippen LogP contribution in [0.1, 0.15) is 50.3 Å². The fourth-order valence-corrected chi connectivity index (χ4v) is 3.31. The van der Waals surface area contributed by atoms with Crippen LogP contribution >= 0.6 is 11.8 Å². The van der Waals surface area contributed by atoms with Crippen molar-refractivity contribution < 1.29 is 23.1 Å². The summed E-state index contributed by atoms with van der Waals surface area (Å²) in [6, 6.07) is 0.887. The van der Waals surface area contributed by atoms with Gasteiger partial charge in [-0.25, -0.2) is 0 Å². The highest BCUT2D eigenvalue weighted by Crippen LogP contribution is 2.35. The van der Waals surface area contributed by atoms with E-state index in [4.69, 9.17) is 5.11 Å². The molecule has 0 unspecified atom stereocenters. The van der Waals surface area contributed by atoms with Crippen molar-refractivity contribution in [1.82, 2.24) is 9.78 Å². The Labute approximate surface area is 124 Å².